The molecule has 0 amide bonds. The van der Waals surface area contributed by atoms with Crippen molar-refractivity contribution < 1.29 is 14.1 Å². The fourth-order valence-corrected chi connectivity index (χ4v) is 2.03. The fourth-order valence-electron chi connectivity index (χ4n) is 2.03. The van der Waals surface area contributed by atoms with Gasteiger partial charge < -0.3 is 10.1 Å². The summed E-state index contributed by atoms with van der Waals surface area (Å²) in [6.45, 7) is 1.64. The van der Waals surface area contributed by atoms with Gasteiger partial charge in [0.25, 0.3) is 5.69 Å². The highest BCUT2D eigenvalue weighted by atomic mass is 19.1. The van der Waals surface area contributed by atoms with Crippen LogP contribution in [0.4, 0.5) is 10.1 Å². The van der Waals surface area contributed by atoms with Gasteiger partial charge >= 0.3 is 0 Å². The molecule has 1 heterocycles. The summed E-state index contributed by atoms with van der Waals surface area (Å²) in [5.74, 6) is -0.461. The molecule has 2 rings (SSSR count). The summed E-state index contributed by atoms with van der Waals surface area (Å²) in [5.41, 5.74) is 0.311. The van der Waals surface area contributed by atoms with E-state index in [0.717, 1.165) is 25.5 Å². The van der Waals surface area contributed by atoms with Gasteiger partial charge in [0.15, 0.2) is 0 Å². The normalized spacial score (nSPS) is 19.7. The molecule has 1 fully saturated rings. The van der Waals surface area contributed by atoms with Crippen molar-refractivity contribution in [2.75, 3.05) is 13.2 Å². The number of rotatable bonds is 4. The molecule has 1 unspecified atom stereocenters. The van der Waals surface area contributed by atoms with Crippen LogP contribution in [0.1, 0.15) is 18.4 Å². The van der Waals surface area contributed by atoms with Crippen molar-refractivity contribution >= 4 is 5.69 Å². The maximum Gasteiger partial charge on any atom is 0.274 e. The molecule has 1 aliphatic heterocycles. The Balaban J connectivity index is 2.03. The average molecular weight is 254 g/mol. The van der Waals surface area contributed by atoms with Crippen molar-refractivity contribution in [3.8, 4) is 0 Å². The van der Waals surface area contributed by atoms with Gasteiger partial charge in [-0.25, -0.2) is 4.39 Å². The van der Waals surface area contributed by atoms with Crippen molar-refractivity contribution in [3.63, 3.8) is 0 Å². The van der Waals surface area contributed by atoms with Crippen molar-refractivity contribution in [1.82, 2.24) is 5.32 Å². The Hall–Kier alpha value is -1.53. The van der Waals surface area contributed by atoms with E-state index in [1.807, 2.05) is 0 Å². The minimum Gasteiger partial charge on any atom is -0.380 e. The van der Waals surface area contributed by atoms with Crippen LogP contribution in [0.15, 0.2) is 18.2 Å². The van der Waals surface area contributed by atoms with Crippen LogP contribution in [0.5, 0.6) is 0 Å². The Bertz CT molecular complexity index is 433. The van der Waals surface area contributed by atoms with Crippen LogP contribution in [0.2, 0.25) is 0 Å². The monoisotopic (exact) mass is 254 g/mol. The summed E-state index contributed by atoms with van der Waals surface area (Å²) in [5, 5.41) is 14.0. The summed E-state index contributed by atoms with van der Waals surface area (Å²) in [6.07, 6.45) is 1.95. The first-order valence-electron chi connectivity index (χ1n) is 5.91. The standard InChI is InChI=1S/C12H15FN2O3/c13-10-3-4-12(15(16)17)9(6-10)7-14-11-2-1-5-18-8-11/h3-4,6,11,14H,1-2,5,7-8H2. The molecule has 1 aromatic carbocycles. The van der Waals surface area contributed by atoms with E-state index in [4.69, 9.17) is 4.74 Å². The molecule has 1 atom stereocenters. The molecular weight excluding hydrogens is 239 g/mol. The zero-order chi connectivity index (χ0) is 13.0. The van der Waals surface area contributed by atoms with Crippen LogP contribution < -0.4 is 5.32 Å². The number of nitrogens with one attached hydrogen (secondary N) is 1. The Morgan fingerprint density at radius 1 is 1.56 bits per heavy atom. The molecule has 98 valence electrons. The number of ether oxygens (including phenoxy) is 1. The molecule has 0 aliphatic carbocycles. The zero-order valence-electron chi connectivity index (χ0n) is 9.89. The van der Waals surface area contributed by atoms with E-state index >= 15 is 0 Å². The van der Waals surface area contributed by atoms with Gasteiger partial charge in [0.1, 0.15) is 5.82 Å². The Labute approximate surface area is 104 Å². The van der Waals surface area contributed by atoms with Crippen LogP contribution in [-0.4, -0.2) is 24.2 Å². The molecule has 18 heavy (non-hydrogen) atoms. The van der Waals surface area contributed by atoms with E-state index in [0.29, 0.717) is 12.2 Å². The molecule has 6 heteroatoms. The van der Waals surface area contributed by atoms with Crippen LogP contribution >= 0.6 is 0 Å². The first-order valence-corrected chi connectivity index (χ1v) is 5.91. The second-order valence-electron chi connectivity index (χ2n) is 4.33. The summed E-state index contributed by atoms with van der Waals surface area (Å²) in [4.78, 5) is 10.3. The third-order valence-electron chi connectivity index (χ3n) is 2.98. The largest absolute Gasteiger partial charge is 0.380 e. The number of hydrogen-bond acceptors (Lipinski definition) is 4. The Kier molecular flexibility index (Phi) is 4.22. The molecule has 0 bridgehead atoms. The van der Waals surface area contributed by atoms with Crippen LogP contribution in [0.25, 0.3) is 0 Å². The smallest absolute Gasteiger partial charge is 0.274 e. The van der Waals surface area contributed by atoms with Gasteiger partial charge in [0.2, 0.25) is 0 Å². The maximum atomic E-state index is 13.1. The summed E-state index contributed by atoms with van der Waals surface area (Å²) < 4.78 is 18.4. The summed E-state index contributed by atoms with van der Waals surface area (Å²) >= 11 is 0. The molecule has 0 radical (unpaired) electrons. The summed E-state index contributed by atoms with van der Waals surface area (Å²) in [6, 6.07) is 3.69. The van der Waals surface area contributed by atoms with Gasteiger partial charge in [-0.3, -0.25) is 10.1 Å². The molecular formula is C12H15FN2O3. The molecule has 1 saturated heterocycles. The highest BCUT2D eigenvalue weighted by Crippen LogP contribution is 2.19. The first-order chi connectivity index (χ1) is 8.66. The van der Waals surface area contributed by atoms with E-state index < -0.39 is 10.7 Å². The molecule has 1 N–H and O–H groups in total. The number of nitro benzene ring substituents is 1. The maximum absolute atomic E-state index is 13.1. The topological polar surface area (TPSA) is 64.4 Å². The van der Waals surface area contributed by atoms with Crippen LogP contribution in [0, 0.1) is 15.9 Å². The number of nitro groups is 1. The quantitative estimate of drug-likeness (QED) is 0.659. The first kappa shape index (κ1) is 12.9. The fraction of sp³-hybridized carbons (Fsp3) is 0.500. The zero-order valence-corrected chi connectivity index (χ0v) is 9.89. The molecule has 0 aromatic heterocycles. The highest BCUT2D eigenvalue weighted by molar-refractivity contribution is 5.40. The second-order valence-corrected chi connectivity index (χ2v) is 4.33. The minimum absolute atomic E-state index is 0.0550. The SMILES string of the molecule is O=[N+]([O-])c1ccc(F)cc1CNC1CCCOC1. The predicted molar refractivity (Wildman–Crippen MR) is 63.7 cm³/mol. The van der Waals surface area contributed by atoms with E-state index in [9.17, 15) is 14.5 Å². The summed E-state index contributed by atoms with van der Waals surface area (Å²) in [7, 11) is 0. The van der Waals surface area contributed by atoms with Crippen molar-refractivity contribution in [1.29, 1.82) is 0 Å². The van der Waals surface area contributed by atoms with Gasteiger partial charge in [0.05, 0.1) is 11.5 Å². The molecule has 0 spiro atoms. The van der Waals surface area contributed by atoms with E-state index in [2.05, 4.69) is 5.32 Å². The highest BCUT2D eigenvalue weighted by Gasteiger charge is 2.17. The number of halogens is 1. The van der Waals surface area contributed by atoms with Gasteiger partial charge in [-0.2, -0.15) is 0 Å². The van der Waals surface area contributed by atoms with Crippen LogP contribution in [0.3, 0.4) is 0 Å². The van der Waals surface area contributed by atoms with Gasteiger partial charge in [-0.15, -0.1) is 0 Å². The molecule has 1 aliphatic rings. The van der Waals surface area contributed by atoms with Gasteiger partial charge in [-0.05, 0) is 25.0 Å². The average Bonchev–Trinajstić information content (AvgIpc) is 2.37. The lowest BCUT2D eigenvalue weighted by molar-refractivity contribution is -0.385. The van der Waals surface area contributed by atoms with Crippen LogP contribution in [-0.2, 0) is 11.3 Å². The number of nitrogens with zero attached hydrogens (tertiary/aromatic N) is 1. The lowest BCUT2D eigenvalue weighted by Gasteiger charge is -2.23. The van der Waals surface area contributed by atoms with Gasteiger partial charge in [0, 0.05) is 30.8 Å². The number of benzene rings is 1. The van der Waals surface area contributed by atoms with Crippen molar-refractivity contribution in [2.45, 2.75) is 25.4 Å². The molecule has 1 aromatic rings. The van der Waals surface area contributed by atoms with E-state index in [1.54, 1.807) is 0 Å². The van der Waals surface area contributed by atoms with Gasteiger partial charge in [-0.1, -0.05) is 0 Å². The molecule has 0 saturated carbocycles. The Morgan fingerprint density at radius 2 is 2.39 bits per heavy atom. The lowest BCUT2D eigenvalue weighted by atomic mass is 10.1. The van der Waals surface area contributed by atoms with E-state index in [-0.39, 0.29) is 18.3 Å². The Morgan fingerprint density at radius 3 is 3.06 bits per heavy atom. The van der Waals surface area contributed by atoms with Crippen molar-refractivity contribution in [3.05, 3.63) is 39.7 Å². The minimum atomic E-state index is -0.492. The third-order valence-corrected chi connectivity index (χ3v) is 2.98. The third kappa shape index (κ3) is 3.24. The predicted octanol–water partition coefficient (Wildman–Crippen LogP) is 2.00. The number of hydrogen-bond donors (Lipinski definition) is 1. The molecule has 5 nitrogen and oxygen atoms in total. The van der Waals surface area contributed by atoms with E-state index in [1.165, 1.54) is 12.1 Å². The lowest BCUT2D eigenvalue weighted by Crippen LogP contribution is -2.36. The second kappa shape index (κ2) is 5.88. The van der Waals surface area contributed by atoms with Crippen molar-refractivity contribution in [2.24, 2.45) is 0 Å².